The van der Waals surface area contributed by atoms with Gasteiger partial charge in [0, 0.05) is 12.1 Å². The highest BCUT2D eigenvalue weighted by atomic mass is 19.1. The molecule has 0 amide bonds. The lowest BCUT2D eigenvalue weighted by Crippen LogP contribution is -2.13. The number of halogens is 1. The van der Waals surface area contributed by atoms with E-state index >= 15 is 0 Å². The van der Waals surface area contributed by atoms with Gasteiger partial charge in [-0.1, -0.05) is 31.2 Å². The second kappa shape index (κ2) is 8.39. The number of methoxy groups -OCH3 is 1. The summed E-state index contributed by atoms with van der Waals surface area (Å²) < 4.78 is 24.6. The van der Waals surface area contributed by atoms with Gasteiger partial charge in [-0.3, -0.25) is 0 Å². The first-order valence-corrected chi connectivity index (χ1v) is 7.48. The Bertz CT molecular complexity index is 601. The lowest BCUT2D eigenvalue weighted by molar-refractivity contribution is 0.279. The molecule has 0 radical (unpaired) electrons. The molecule has 4 heteroatoms. The second-order valence-electron chi connectivity index (χ2n) is 5.04. The zero-order chi connectivity index (χ0) is 15.8. The molecule has 0 aromatic heterocycles. The first-order chi connectivity index (χ1) is 10.7. The number of hydrogen-bond donors (Lipinski definition) is 1. The third-order valence-corrected chi connectivity index (χ3v) is 3.32. The highest BCUT2D eigenvalue weighted by Crippen LogP contribution is 2.29. The number of rotatable bonds is 8. The summed E-state index contributed by atoms with van der Waals surface area (Å²) in [6.45, 7) is 4.08. The Hall–Kier alpha value is -2.07. The van der Waals surface area contributed by atoms with Gasteiger partial charge in [-0.2, -0.15) is 0 Å². The summed E-state index contributed by atoms with van der Waals surface area (Å²) in [6.07, 6.45) is 1.10. The molecule has 2 aromatic carbocycles. The highest BCUT2D eigenvalue weighted by Gasteiger charge is 2.08. The lowest BCUT2D eigenvalue weighted by atomic mass is 10.2. The Kier molecular flexibility index (Phi) is 6.22. The summed E-state index contributed by atoms with van der Waals surface area (Å²) in [7, 11) is 1.61. The van der Waals surface area contributed by atoms with Gasteiger partial charge in [0.1, 0.15) is 12.4 Å². The maximum absolute atomic E-state index is 13.6. The smallest absolute Gasteiger partial charge is 0.161 e. The molecule has 22 heavy (non-hydrogen) atoms. The van der Waals surface area contributed by atoms with Crippen molar-refractivity contribution in [1.82, 2.24) is 5.32 Å². The average molecular weight is 303 g/mol. The Morgan fingerprint density at radius 2 is 1.91 bits per heavy atom. The molecule has 0 fully saturated rings. The summed E-state index contributed by atoms with van der Waals surface area (Å²) in [4.78, 5) is 0. The number of ether oxygens (including phenoxy) is 2. The summed E-state index contributed by atoms with van der Waals surface area (Å²) in [5.74, 6) is 1.01. The predicted octanol–water partition coefficient (Wildman–Crippen LogP) is 3.91. The molecule has 118 valence electrons. The maximum Gasteiger partial charge on any atom is 0.161 e. The van der Waals surface area contributed by atoms with Crippen LogP contribution in [-0.4, -0.2) is 13.7 Å². The number of benzene rings is 2. The van der Waals surface area contributed by atoms with E-state index in [4.69, 9.17) is 9.47 Å². The van der Waals surface area contributed by atoms with E-state index in [1.807, 2.05) is 18.2 Å². The second-order valence-corrected chi connectivity index (χ2v) is 5.04. The molecule has 0 spiro atoms. The lowest BCUT2D eigenvalue weighted by Gasteiger charge is -2.13. The topological polar surface area (TPSA) is 30.5 Å². The summed E-state index contributed by atoms with van der Waals surface area (Å²) in [5.41, 5.74) is 1.65. The van der Waals surface area contributed by atoms with Crippen molar-refractivity contribution in [3.05, 3.63) is 59.4 Å². The van der Waals surface area contributed by atoms with Gasteiger partial charge in [-0.15, -0.1) is 0 Å². The van der Waals surface area contributed by atoms with Crippen LogP contribution in [0.3, 0.4) is 0 Å². The van der Waals surface area contributed by atoms with Crippen molar-refractivity contribution in [2.45, 2.75) is 26.5 Å². The zero-order valence-electron chi connectivity index (χ0n) is 13.1. The van der Waals surface area contributed by atoms with Gasteiger partial charge in [-0.05, 0) is 36.7 Å². The van der Waals surface area contributed by atoms with E-state index in [0.29, 0.717) is 17.1 Å². The van der Waals surface area contributed by atoms with E-state index in [9.17, 15) is 4.39 Å². The van der Waals surface area contributed by atoms with Crippen LogP contribution in [0.25, 0.3) is 0 Å². The molecule has 0 aliphatic rings. The molecule has 0 unspecified atom stereocenters. The van der Waals surface area contributed by atoms with Gasteiger partial charge in [0.05, 0.1) is 7.11 Å². The van der Waals surface area contributed by atoms with E-state index in [0.717, 1.165) is 25.1 Å². The molecule has 2 aromatic rings. The Labute approximate surface area is 131 Å². The van der Waals surface area contributed by atoms with Crippen LogP contribution >= 0.6 is 0 Å². The van der Waals surface area contributed by atoms with Crippen LogP contribution in [0.2, 0.25) is 0 Å². The fourth-order valence-electron chi connectivity index (χ4n) is 2.12. The van der Waals surface area contributed by atoms with E-state index in [1.54, 1.807) is 25.3 Å². The molecule has 0 aliphatic heterocycles. The largest absolute Gasteiger partial charge is 0.493 e. The molecule has 0 saturated carbocycles. The molecule has 3 nitrogen and oxygen atoms in total. The first kappa shape index (κ1) is 16.3. The fraction of sp³-hybridized carbons (Fsp3) is 0.333. The SMILES string of the molecule is CCCNCc1ccc(OCc2ccccc2F)c(OC)c1. The van der Waals surface area contributed by atoms with Gasteiger partial charge >= 0.3 is 0 Å². The Morgan fingerprint density at radius 1 is 1.09 bits per heavy atom. The van der Waals surface area contributed by atoms with Gasteiger partial charge < -0.3 is 14.8 Å². The van der Waals surface area contributed by atoms with Crippen molar-refractivity contribution in [1.29, 1.82) is 0 Å². The van der Waals surface area contributed by atoms with Crippen LogP contribution < -0.4 is 14.8 Å². The minimum Gasteiger partial charge on any atom is -0.493 e. The molecular formula is C18H22FNO2. The third kappa shape index (κ3) is 4.46. The van der Waals surface area contributed by atoms with Crippen LogP contribution in [0.1, 0.15) is 24.5 Å². The zero-order valence-corrected chi connectivity index (χ0v) is 13.1. The van der Waals surface area contributed by atoms with Crippen LogP contribution in [-0.2, 0) is 13.2 Å². The highest BCUT2D eigenvalue weighted by molar-refractivity contribution is 5.43. The minimum atomic E-state index is -0.262. The van der Waals surface area contributed by atoms with Crippen LogP contribution in [0, 0.1) is 5.82 Å². The van der Waals surface area contributed by atoms with Crippen molar-refractivity contribution >= 4 is 0 Å². The number of nitrogens with one attached hydrogen (secondary N) is 1. The van der Waals surface area contributed by atoms with Crippen LogP contribution in [0.15, 0.2) is 42.5 Å². The van der Waals surface area contributed by atoms with E-state index in [1.165, 1.54) is 6.07 Å². The molecule has 0 saturated heterocycles. The van der Waals surface area contributed by atoms with Gasteiger partial charge in [0.15, 0.2) is 11.5 Å². The third-order valence-electron chi connectivity index (χ3n) is 3.32. The fourth-order valence-corrected chi connectivity index (χ4v) is 2.12. The molecule has 0 bridgehead atoms. The quantitative estimate of drug-likeness (QED) is 0.750. The van der Waals surface area contributed by atoms with Crippen molar-refractivity contribution in [3.63, 3.8) is 0 Å². The van der Waals surface area contributed by atoms with Gasteiger partial charge in [-0.25, -0.2) is 4.39 Å². The minimum absolute atomic E-state index is 0.177. The van der Waals surface area contributed by atoms with E-state index < -0.39 is 0 Å². The summed E-state index contributed by atoms with van der Waals surface area (Å²) in [5, 5.41) is 3.34. The molecular weight excluding hydrogens is 281 g/mol. The monoisotopic (exact) mass is 303 g/mol. The van der Waals surface area contributed by atoms with Crippen molar-refractivity contribution < 1.29 is 13.9 Å². The molecule has 2 rings (SSSR count). The standard InChI is InChI=1S/C18H22FNO2/c1-3-10-20-12-14-8-9-17(18(11-14)21-2)22-13-15-6-4-5-7-16(15)19/h4-9,11,20H,3,10,12-13H2,1-2H3. The van der Waals surface area contributed by atoms with Gasteiger partial charge in [0.2, 0.25) is 0 Å². The van der Waals surface area contributed by atoms with Crippen molar-refractivity contribution in [3.8, 4) is 11.5 Å². The Balaban J connectivity index is 2.03. The maximum atomic E-state index is 13.6. The van der Waals surface area contributed by atoms with Gasteiger partial charge in [0.25, 0.3) is 0 Å². The number of hydrogen-bond acceptors (Lipinski definition) is 3. The molecule has 1 N–H and O–H groups in total. The Morgan fingerprint density at radius 3 is 2.64 bits per heavy atom. The molecule has 0 heterocycles. The summed E-state index contributed by atoms with van der Waals surface area (Å²) >= 11 is 0. The molecule has 0 aliphatic carbocycles. The van der Waals surface area contributed by atoms with Crippen molar-refractivity contribution in [2.75, 3.05) is 13.7 Å². The molecule has 0 atom stereocenters. The van der Waals surface area contributed by atoms with E-state index in [-0.39, 0.29) is 12.4 Å². The van der Waals surface area contributed by atoms with Crippen molar-refractivity contribution in [2.24, 2.45) is 0 Å². The normalized spacial score (nSPS) is 10.5. The van der Waals surface area contributed by atoms with E-state index in [2.05, 4.69) is 12.2 Å². The average Bonchev–Trinajstić information content (AvgIpc) is 2.55. The van der Waals surface area contributed by atoms with Crippen LogP contribution in [0.4, 0.5) is 4.39 Å². The predicted molar refractivity (Wildman–Crippen MR) is 85.7 cm³/mol. The summed E-state index contributed by atoms with van der Waals surface area (Å²) in [6, 6.07) is 12.4. The van der Waals surface area contributed by atoms with Crippen LogP contribution in [0.5, 0.6) is 11.5 Å². The first-order valence-electron chi connectivity index (χ1n) is 7.48.